The second-order valence-electron chi connectivity index (χ2n) is 7.63. The second-order valence-corrected chi connectivity index (χ2v) is 7.63. The highest BCUT2D eigenvalue weighted by Crippen LogP contribution is 2.17. The fourth-order valence-corrected chi connectivity index (χ4v) is 1.80. The molecule has 0 aliphatic rings. The van der Waals surface area contributed by atoms with E-state index in [0.717, 1.165) is 25.8 Å². The summed E-state index contributed by atoms with van der Waals surface area (Å²) in [4.78, 5) is 11.6. The van der Waals surface area contributed by atoms with Crippen LogP contribution >= 0.6 is 0 Å². The number of alkyl carbamates (subject to hydrolysis) is 1. The molecule has 0 radical (unpaired) electrons. The van der Waals surface area contributed by atoms with Gasteiger partial charge in [-0.1, -0.05) is 34.1 Å². The SMILES string of the molecule is CCCC(CNC(=O)OC(C)(C)C)NCCC(C)(C)C. The van der Waals surface area contributed by atoms with Crippen LogP contribution < -0.4 is 10.6 Å². The molecule has 1 atom stereocenters. The molecule has 0 aromatic carbocycles. The molecule has 0 saturated heterocycles. The molecule has 0 aromatic heterocycles. The first kappa shape index (κ1) is 19.2. The molecule has 0 aromatic rings. The monoisotopic (exact) mass is 286 g/mol. The van der Waals surface area contributed by atoms with Crippen molar-refractivity contribution in [2.24, 2.45) is 5.41 Å². The lowest BCUT2D eigenvalue weighted by Gasteiger charge is -2.24. The number of amides is 1. The Bertz CT molecular complexity index is 277. The van der Waals surface area contributed by atoms with E-state index in [1.165, 1.54) is 0 Å². The van der Waals surface area contributed by atoms with Crippen LogP contribution in [0.4, 0.5) is 4.79 Å². The van der Waals surface area contributed by atoms with Crippen LogP contribution in [0.5, 0.6) is 0 Å². The summed E-state index contributed by atoms with van der Waals surface area (Å²) in [7, 11) is 0. The van der Waals surface area contributed by atoms with Gasteiger partial charge < -0.3 is 15.4 Å². The molecule has 4 nitrogen and oxygen atoms in total. The van der Waals surface area contributed by atoms with E-state index in [1.54, 1.807) is 0 Å². The largest absolute Gasteiger partial charge is 0.444 e. The minimum absolute atomic E-state index is 0.315. The Morgan fingerprint density at radius 3 is 2.20 bits per heavy atom. The molecule has 4 heteroatoms. The number of carbonyl (C=O) groups is 1. The van der Waals surface area contributed by atoms with Crippen LogP contribution in [0.15, 0.2) is 0 Å². The summed E-state index contributed by atoms with van der Waals surface area (Å²) < 4.78 is 5.25. The van der Waals surface area contributed by atoms with Gasteiger partial charge in [0, 0.05) is 12.6 Å². The average Bonchev–Trinajstić information content (AvgIpc) is 2.21. The minimum Gasteiger partial charge on any atom is -0.444 e. The van der Waals surface area contributed by atoms with Gasteiger partial charge >= 0.3 is 6.09 Å². The summed E-state index contributed by atoms with van der Waals surface area (Å²) in [6.45, 7) is 16.1. The number of hydrogen-bond donors (Lipinski definition) is 2. The van der Waals surface area contributed by atoms with E-state index >= 15 is 0 Å². The minimum atomic E-state index is -0.440. The van der Waals surface area contributed by atoms with Crippen molar-refractivity contribution < 1.29 is 9.53 Å². The summed E-state index contributed by atoms with van der Waals surface area (Å²) >= 11 is 0. The average molecular weight is 286 g/mol. The quantitative estimate of drug-likeness (QED) is 0.750. The van der Waals surface area contributed by atoms with Crippen LogP contribution in [0.3, 0.4) is 0 Å². The molecule has 0 bridgehead atoms. The Balaban J connectivity index is 4.05. The lowest BCUT2D eigenvalue weighted by atomic mass is 9.92. The molecule has 1 unspecified atom stereocenters. The molecule has 1 amide bonds. The Hall–Kier alpha value is -0.770. The van der Waals surface area contributed by atoms with Gasteiger partial charge in [-0.25, -0.2) is 4.79 Å². The fraction of sp³-hybridized carbons (Fsp3) is 0.938. The molecule has 0 saturated carbocycles. The Morgan fingerprint density at radius 2 is 1.75 bits per heavy atom. The molecule has 0 rings (SSSR count). The van der Waals surface area contributed by atoms with Crippen molar-refractivity contribution in [3.8, 4) is 0 Å². The number of rotatable bonds is 7. The third kappa shape index (κ3) is 12.3. The van der Waals surface area contributed by atoms with E-state index in [2.05, 4.69) is 38.3 Å². The topological polar surface area (TPSA) is 50.4 Å². The second kappa shape index (κ2) is 8.50. The van der Waals surface area contributed by atoms with Crippen molar-refractivity contribution in [1.82, 2.24) is 10.6 Å². The Morgan fingerprint density at radius 1 is 1.15 bits per heavy atom. The first-order valence-electron chi connectivity index (χ1n) is 7.74. The van der Waals surface area contributed by atoms with Crippen molar-refractivity contribution in [3.05, 3.63) is 0 Å². The zero-order valence-electron chi connectivity index (χ0n) is 14.4. The molecule has 120 valence electrons. The van der Waals surface area contributed by atoms with Crippen LogP contribution in [0.2, 0.25) is 0 Å². The van der Waals surface area contributed by atoms with Crippen molar-refractivity contribution in [3.63, 3.8) is 0 Å². The standard InChI is InChI=1S/C16H34N2O2/c1-8-9-13(17-11-10-15(2,3)4)12-18-14(19)20-16(5,6)7/h13,17H,8-12H2,1-7H3,(H,18,19). The van der Waals surface area contributed by atoms with Crippen LogP contribution in [-0.4, -0.2) is 30.8 Å². The third-order valence-corrected chi connectivity index (χ3v) is 2.84. The Kier molecular flexibility index (Phi) is 8.17. The lowest BCUT2D eigenvalue weighted by molar-refractivity contribution is 0.0521. The van der Waals surface area contributed by atoms with Gasteiger partial charge in [0.05, 0.1) is 0 Å². The van der Waals surface area contributed by atoms with E-state index in [9.17, 15) is 4.79 Å². The van der Waals surface area contributed by atoms with Gasteiger partial charge in [-0.15, -0.1) is 0 Å². The van der Waals surface area contributed by atoms with Gasteiger partial charge in [-0.2, -0.15) is 0 Å². The first-order chi connectivity index (χ1) is 9.03. The molecule has 2 N–H and O–H groups in total. The summed E-state index contributed by atoms with van der Waals surface area (Å²) in [6.07, 6.45) is 2.94. The zero-order valence-corrected chi connectivity index (χ0v) is 14.4. The maximum Gasteiger partial charge on any atom is 0.407 e. The molecular weight excluding hydrogens is 252 g/mol. The number of carbonyl (C=O) groups excluding carboxylic acids is 1. The normalized spacial score (nSPS) is 13.9. The van der Waals surface area contributed by atoms with Gasteiger partial charge in [0.25, 0.3) is 0 Å². The Labute approximate surface area is 125 Å². The lowest BCUT2D eigenvalue weighted by Crippen LogP contribution is -2.43. The summed E-state index contributed by atoms with van der Waals surface area (Å²) in [5, 5.41) is 6.37. The molecular formula is C16H34N2O2. The van der Waals surface area contributed by atoms with Crippen LogP contribution in [-0.2, 0) is 4.74 Å². The molecule has 0 aliphatic carbocycles. The number of nitrogens with one attached hydrogen (secondary N) is 2. The van der Waals surface area contributed by atoms with E-state index < -0.39 is 5.60 Å². The molecule has 0 fully saturated rings. The van der Waals surface area contributed by atoms with E-state index in [0.29, 0.717) is 18.0 Å². The predicted molar refractivity (Wildman–Crippen MR) is 85.0 cm³/mol. The van der Waals surface area contributed by atoms with Crippen molar-refractivity contribution in [2.45, 2.75) is 79.4 Å². The van der Waals surface area contributed by atoms with Gasteiger partial charge in [0.2, 0.25) is 0 Å². The van der Waals surface area contributed by atoms with Gasteiger partial charge in [0.1, 0.15) is 5.60 Å². The van der Waals surface area contributed by atoms with Gasteiger partial charge in [-0.05, 0) is 45.6 Å². The predicted octanol–water partition coefficient (Wildman–Crippen LogP) is 3.71. The summed E-state index contributed by atoms with van der Waals surface area (Å²) in [6, 6.07) is 0.315. The zero-order chi connectivity index (χ0) is 15.8. The number of ether oxygens (including phenoxy) is 1. The molecule has 0 spiro atoms. The fourth-order valence-electron chi connectivity index (χ4n) is 1.80. The highest BCUT2D eigenvalue weighted by molar-refractivity contribution is 5.67. The van der Waals surface area contributed by atoms with Gasteiger partial charge in [-0.3, -0.25) is 0 Å². The number of hydrogen-bond acceptors (Lipinski definition) is 3. The van der Waals surface area contributed by atoms with Crippen LogP contribution in [0, 0.1) is 5.41 Å². The van der Waals surface area contributed by atoms with Crippen molar-refractivity contribution >= 4 is 6.09 Å². The summed E-state index contributed by atoms with van der Waals surface area (Å²) in [5.41, 5.74) is -0.105. The highest BCUT2D eigenvalue weighted by atomic mass is 16.6. The van der Waals surface area contributed by atoms with E-state index in [4.69, 9.17) is 4.74 Å². The van der Waals surface area contributed by atoms with Gasteiger partial charge in [0.15, 0.2) is 0 Å². The maximum atomic E-state index is 11.6. The van der Waals surface area contributed by atoms with E-state index in [-0.39, 0.29) is 6.09 Å². The highest BCUT2D eigenvalue weighted by Gasteiger charge is 2.17. The first-order valence-corrected chi connectivity index (χ1v) is 7.74. The van der Waals surface area contributed by atoms with Crippen molar-refractivity contribution in [1.29, 1.82) is 0 Å². The van der Waals surface area contributed by atoms with E-state index in [1.807, 2.05) is 20.8 Å². The van der Waals surface area contributed by atoms with Crippen LogP contribution in [0.1, 0.15) is 67.7 Å². The molecule has 20 heavy (non-hydrogen) atoms. The third-order valence-electron chi connectivity index (χ3n) is 2.84. The molecule has 0 aliphatic heterocycles. The van der Waals surface area contributed by atoms with Crippen molar-refractivity contribution in [2.75, 3.05) is 13.1 Å². The smallest absolute Gasteiger partial charge is 0.407 e. The molecule has 0 heterocycles. The maximum absolute atomic E-state index is 11.6. The van der Waals surface area contributed by atoms with Crippen LogP contribution in [0.25, 0.3) is 0 Å². The summed E-state index contributed by atoms with van der Waals surface area (Å²) in [5.74, 6) is 0.